The molecule has 1 aromatic carbocycles. The molecule has 82 valence electrons. The average Bonchev–Trinajstić information content (AvgIpc) is 2.27. The molecule has 0 amide bonds. The molecule has 1 fully saturated rings. The van der Waals surface area contributed by atoms with Crippen LogP contribution in [0.25, 0.3) is 10.8 Å². The van der Waals surface area contributed by atoms with Crippen molar-refractivity contribution in [1.29, 1.82) is 0 Å². The number of benzene rings is 1. The third-order valence-electron chi connectivity index (χ3n) is 3.46. The molecular weight excluding hydrogens is 196 g/mol. The van der Waals surface area contributed by atoms with Crippen LogP contribution in [0.5, 0.6) is 0 Å². The van der Waals surface area contributed by atoms with Crippen LogP contribution in [0.4, 0.5) is 5.82 Å². The van der Waals surface area contributed by atoms with Gasteiger partial charge in [0.15, 0.2) is 0 Å². The third-order valence-corrected chi connectivity index (χ3v) is 3.46. The summed E-state index contributed by atoms with van der Waals surface area (Å²) in [5.74, 6) is 1.89. The average molecular weight is 212 g/mol. The van der Waals surface area contributed by atoms with Crippen LogP contribution < -0.4 is 5.32 Å². The summed E-state index contributed by atoms with van der Waals surface area (Å²) < 4.78 is 0. The predicted molar refractivity (Wildman–Crippen MR) is 67.6 cm³/mol. The van der Waals surface area contributed by atoms with Crippen LogP contribution in [0.15, 0.2) is 36.5 Å². The zero-order valence-electron chi connectivity index (χ0n) is 9.32. The minimum atomic E-state index is 0.862. The molecule has 3 rings (SSSR count). The highest BCUT2D eigenvalue weighted by atomic mass is 15.0. The highest BCUT2D eigenvalue weighted by Gasteiger charge is 2.17. The molecule has 0 saturated heterocycles. The van der Waals surface area contributed by atoms with Crippen LogP contribution in [0.1, 0.15) is 19.3 Å². The lowest BCUT2D eigenvalue weighted by Gasteiger charge is -2.25. The molecule has 2 aromatic rings. The van der Waals surface area contributed by atoms with Gasteiger partial charge in [-0.3, -0.25) is 0 Å². The van der Waals surface area contributed by atoms with Crippen LogP contribution in [-0.2, 0) is 0 Å². The maximum absolute atomic E-state index is 4.43. The van der Waals surface area contributed by atoms with Crippen molar-refractivity contribution in [3.8, 4) is 0 Å². The maximum Gasteiger partial charge on any atom is 0.133 e. The van der Waals surface area contributed by atoms with Crippen molar-refractivity contribution in [2.24, 2.45) is 5.92 Å². The lowest BCUT2D eigenvalue weighted by molar-refractivity contribution is 0.333. The van der Waals surface area contributed by atoms with E-state index in [-0.39, 0.29) is 0 Å². The van der Waals surface area contributed by atoms with Crippen molar-refractivity contribution in [2.45, 2.75) is 19.3 Å². The normalized spacial score (nSPS) is 16.0. The molecule has 1 N–H and O–H groups in total. The summed E-state index contributed by atoms with van der Waals surface area (Å²) in [7, 11) is 0. The Labute approximate surface area is 95.7 Å². The monoisotopic (exact) mass is 212 g/mol. The van der Waals surface area contributed by atoms with Crippen LogP contribution in [0.3, 0.4) is 0 Å². The van der Waals surface area contributed by atoms with Gasteiger partial charge in [0, 0.05) is 18.1 Å². The zero-order valence-corrected chi connectivity index (χ0v) is 9.32. The van der Waals surface area contributed by atoms with Gasteiger partial charge in [0.25, 0.3) is 0 Å². The lowest BCUT2D eigenvalue weighted by Crippen LogP contribution is -2.21. The first-order valence-electron chi connectivity index (χ1n) is 6.01. The lowest BCUT2D eigenvalue weighted by atomic mass is 9.85. The summed E-state index contributed by atoms with van der Waals surface area (Å²) in [6.07, 6.45) is 6.02. The second-order valence-corrected chi connectivity index (χ2v) is 4.56. The van der Waals surface area contributed by atoms with Crippen LogP contribution in [0.2, 0.25) is 0 Å². The minimum absolute atomic E-state index is 0.862. The zero-order chi connectivity index (χ0) is 10.8. The molecule has 2 nitrogen and oxygen atoms in total. The van der Waals surface area contributed by atoms with Gasteiger partial charge in [-0.15, -0.1) is 0 Å². The predicted octanol–water partition coefficient (Wildman–Crippen LogP) is 3.45. The second-order valence-electron chi connectivity index (χ2n) is 4.56. The van der Waals surface area contributed by atoms with Crippen molar-refractivity contribution in [3.05, 3.63) is 36.5 Å². The molecule has 0 unspecified atom stereocenters. The molecule has 1 heterocycles. The summed E-state index contributed by atoms with van der Waals surface area (Å²) in [5, 5.41) is 5.96. The van der Waals surface area contributed by atoms with E-state index in [1.54, 1.807) is 0 Å². The Morgan fingerprint density at radius 1 is 1.19 bits per heavy atom. The van der Waals surface area contributed by atoms with E-state index in [1.165, 1.54) is 30.0 Å². The molecule has 0 aliphatic heterocycles. The molecule has 1 aliphatic rings. The number of anilines is 1. The Morgan fingerprint density at radius 3 is 2.88 bits per heavy atom. The first-order valence-corrected chi connectivity index (χ1v) is 6.01. The Hall–Kier alpha value is -1.57. The summed E-state index contributed by atoms with van der Waals surface area (Å²) in [6.45, 7) is 1.07. The van der Waals surface area contributed by atoms with Crippen molar-refractivity contribution >= 4 is 16.6 Å². The number of hydrogen-bond donors (Lipinski definition) is 1. The van der Waals surface area contributed by atoms with E-state index in [2.05, 4.69) is 40.6 Å². The topological polar surface area (TPSA) is 24.9 Å². The van der Waals surface area contributed by atoms with E-state index >= 15 is 0 Å². The molecule has 0 radical (unpaired) electrons. The quantitative estimate of drug-likeness (QED) is 0.843. The molecular formula is C14H16N2. The van der Waals surface area contributed by atoms with Crippen molar-refractivity contribution in [1.82, 2.24) is 4.98 Å². The molecule has 0 spiro atoms. The standard InChI is InChI=1S/C14H16N2/c1-2-7-13-12(6-1)8-9-15-14(13)16-10-11-4-3-5-11/h1-2,6-9,11H,3-5,10H2,(H,15,16). The van der Waals surface area contributed by atoms with Crippen molar-refractivity contribution < 1.29 is 0 Å². The van der Waals surface area contributed by atoms with Crippen molar-refractivity contribution in [3.63, 3.8) is 0 Å². The fourth-order valence-electron chi connectivity index (χ4n) is 2.20. The number of fused-ring (bicyclic) bond motifs is 1. The maximum atomic E-state index is 4.43. The summed E-state index contributed by atoms with van der Waals surface area (Å²) in [6, 6.07) is 10.5. The van der Waals surface area contributed by atoms with E-state index in [1.807, 2.05) is 6.20 Å². The summed E-state index contributed by atoms with van der Waals surface area (Å²) in [4.78, 5) is 4.43. The first-order chi connectivity index (χ1) is 7.93. The van der Waals surface area contributed by atoms with E-state index < -0.39 is 0 Å². The number of hydrogen-bond acceptors (Lipinski definition) is 2. The highest BCUT2D eigenvalue weighted by Crippen LogP contribution is 2.27. The van der Waals surface area contributed by atoms with Gasteiger partial charge in [-0.2, -0.15) is 0 Å². The second kappa shape index (κ2) is 4.12. The minimum Gasteiger partial charge on any atom is -0.369 e. The Morgan fingerprint density at radius 2 is 2.06 bits per heavy atom. The number of nitrogens with one attached hydrogen (secondary N) is 1. The smallest absolute Gasteiger partial charge is 0.133 e. The van der Waals surface area contributed by atoms with Gasteiger partial charge in [0.2, 0.25) is 0 Å². The van der Waals surface area contributed by atoms with Crippen LogP contribution in [-0.4, -0.2) is 11.5 Å². The van der Waals surface area contributed by atoms with Gasteiger partial charge in [0.05, 0.1) is 0 Å². The first kappa shape index (κ1) is 9.64. The Bertz CT molecular complexity index is 484. The summed E-state index contributed by atoms with van der Waals surface area (Å²) >= 11 is 0. The van der Waals surface area contributed by atoms with Gasteiger partial charge in [-0.05, 0) is 30.2 Å². The molecule has 1 aliphatic carbocycles. The van der Waals surface area contributed by atoms with E-state index in [0.29, 0.717) is 0 Å². The highest BCUT2D eigenvalue weighted by molar-refractivity contribution is 5.91. The van der Waals surface area contributed by atoms with Gasteiger partial charge < -0.3 is 5.32 Å². The van der Waals surface area contributed by atoms with Gasteiger partial charge in [-0.25, -0.2) is 4.98 Å². The van der Waals surface area contributed by atoms with E-state index in [0.717, 1.165) is 18.3 Å². The number of aromatic nitrogens is 1. The van der Waals surface area contributed by atoms with Gasteiger partial charge in [-0.1, -0.05) is 30.7 Å². The molecule has 2 heteroatoms. The SMILES string of the molecule is c1ccc2c(NCC3CCC3)nccc2c1. The van der Waals surface area contributed by atoms with E-state index in [4.69, 9.17) is 0 Å². The molecule has 16 heavy (non-hydrogen) atoms. The summed E-state index contributed by atoms with van der Waals surface area (Å²) in [5.41, 5.74) is 0. The number of nitrogens with zero attached hydrogens (tertiary/aromatic N) is 1. The van der Waals surface area contributed by atoms with E-state index in [9.17, 15) is 0 Å². The molecule has 1 aromatic heterocycles. The van der Waals surface area contributed by atoms with Gasteiger partial charge in [0.1, 0.15) is 5.82 Å². The third kappa shape index (κ3) is 1.75. The molecule has 0 atom stereocenters. The van der Waals surface area contributed by atoms with Crippen LogP contribution in [0, 0.1) is 5.92 Å². The van der Waals surface area contributed by atoms with Crippen LogP contribution >= 0.6 is 0 Å². The fraction of sp³-hybridized carbons (Fsp3) is 0.357. The Balaban J connectivity index is 1.84. The molecule has 1 saturated carbocycles. The van der Waals surface area contributed by atoms with Gasteiger partial charge >= 0.3 is 0 Å². The van der Waals surface area contributed by atoms with Crippen molar-refractivity contribution in [2.75, 3.05) is 11.9 Å². The largest absolute Gasteiger partial charge is 0.369 e. The number of rotatable bonds is 3. The number of pyridine rings is 1. The molecule has 0 bridgehead atoms. The fourth-order valence-corrected chi connectivity index (χ4v) is 2.20. The Kier molecular flexibility index (Phi) is 2.49.